The molecule has 0 aromatic heterocycles. The lowest BCUT2D eigenvalue weighted by Gasteiger charge is -2.23. The zero-order chi connectivity index (χ0) is 18.4. The lowest BCUT2D eigenvalue weighted by atomic mass is 9.81. The van der Waals surface area contributed by atoms with E-state index < -0.39 is 15.4 Å². The summed E-state index contributed by atoms with van der Waals surface area (Å²) in [5.41, 5.74) is -0.0289. The summed E-state index contributed by atoms with van der Waals surface area (Å²) in [5, 5.41) is 4.93. The van der Waals surface area contributed by atoms with E-state index in [2.05, 4.69) is 0 Å². The van der Waals surface area contributed by atoms with Gasteiger partial charge in [-0.2, -0.15) is 0 Å². The van der Waals surface area contributed by atoms with E-state index in [0.717, 1.165) is 10.5 Å². The van der Waals surface area contributed by atoms with Crippen LogP contribution in [0, 0.1) is 0 Å². The van der Waals surface area contributed by atoms with Crippen molar-refractivity contribution in [3.8, 4) is 0 Å². The SMILES string of the molecule is C[C@@]1(c2ccccc2)CC(=O)N(c2ccc(S(N)(=O)=O)c(Cl)c2)C1=O. The van der Waals surface area contributed by atoms with Gasteiger partial charge < -0.3 is 0 Å². The van der Waals surface area contributed by atoms with Crippen molar-refractivity contribution in [2.24, 2.45) is 5.14 Å². The van der Waals surface area contributed by atoms with Gasteiger partial charge in [0.2, 0.25) is 21.8 Å². The second-order valence-corrected chi connectivity index (χ2v) is 8.01. The van der Waals surface area contributed by atoms with Crippen LogP contribution in [0.4, 0.5) is 5.69 Å². The third kappa shape index (κ3) is 2.95. The molecule has 1 atom stereocenters. The van der Waals surface area contributed by atoms with Gasteiger partial charge in [-0.05, 0) is 30.7 Å². The van der Waals surface area contributed by atoms with E-state index in [1.165, 1.54) is 18.2 Å². The molecule has 1 fully saturated rings. The molecule has 130 valence electrons. The number of nitrogens with two attached hydrogens (primary N) is 1. The number of benzene rings is 2. The molecule has 1 saturated heterocycles. The Hall–Kier alpha value is -2.22. The lowest BCUT2D eigenvalue weighted by molar-refractivity contribution is -0.122. The first-order chi connectivity index (χ1) is 11.6. The summed E-state index contributed by atoms with van der Waals surface area (Å²) in [7, 11) is -3.99. The Bertz CT molecular complexity index is 975. The van der Waals surface area contributed by atoms with Crippen LogP contribution in [0.25, 0.3) is 0 Å². The van der Waals surface area contributed by atoms with Crippen molar-refractivity contribution < 1.29 is 18.0 Å². The Balaban J connectivity index is 2.03. The number of halogens is 1. The molecular weight excluding hydrogens is 364 g/mol. The zero-order valence-electron chi connectivity index (χ0n) is 13.3. The van der Waals surface area contributed by atoms with E-state index in [1.54, 1.807) is 31.2 Å². The maximum absolute atomic E-state index is 13.0. The molecule has 0 saturated carbocycles. The van der Waals surface area contributed by atoms with E-state index in [-0.39, 0.29) is 33.8 Å². The van der Waals surface area contributed by atoms with E-state index in [1.807, 2.05) is 6.07 Å². The van der Waals surface area contributed by atoms with Crippen LogP contribution in [-0.4, -0.2) is 20.2 Å². The first-order valence-corrected chi connectivity index (χ1v) is 9.32. The molecule has 0 unspecified atom stereocenters. The van der Waals surface area contributed by atoms with E-state index >= 15 is 0 Å². The number of hydrogen-bond donors (Lipinski definition) is 1. The molecule has 0 bridgehead atoms. The number of sulfonamides is 1. The molecule has 0 radical (unpaired) electrons. The van der Waals surface area contributed by atoms with Gasteiger partial charge in [0.05, 0.1) is 16.1 Å². The number of imide groups is 1. The van der Waals surface area contributed by atoms with E-state index in [4.69, 9.17) is 16.7 Å². The summed E-state index contributed by atoms with van der Waals surface area (Å²) in [6, 6.07) is 12.8. The van der Waals surface area contributed by atoms with Crippen LogP contribution in [0.1, 0.15) is 18.9 Å². The highest BCUT2D eigenvalue weighted by molar-refractivity contribution is 7.89. The second-order valence-electron chi connectivity index (χ2n) is 6.07. The van der Waals surface area contributed by atoms with Crippen LogP contribution in [0.5, 0.6) is 0 Å². The van der Waals surface area contributed by atoms with Crippen LogP contribution >= 0.6 is 11.6 Å². The molecule has 1 heterocycles. The van der Waals surface area contributed by atoms with Gasteiger partial charge in [-0.1, -0.05) is 41.9 Å². The third-order valence-corrected chi connectivity index (χ3v) is 5.71. The van der Waals surface area contributed by atoms with Crippen molar-refractivity contribution in [1.29, 1.82) is 0 Å². The zero-order valence-corrected chi connectivity index (χ0v) is 14.8. The van der Waals surface area contributed by atoms with Crippen molar-refractivity contribution in [3.63, 3.8) is 0 Å². The summed E-state index contributed by atoms with van der Waals surface area (Å²) >= 11 is 5.97. The largest absolute Gasteiger partial charge is 0.274 e. The van der Waals surface area contributed by atoms with Crippen LogP contribution in [0.2, 0.25) is 5.02 Å². The van der Waals surface area contributed by atoms with E-state index in [0.29, 0.717) is 0 Å². The number of carbonyl (C=O) groups excluding carboxylic acids is 2. The molecule has 1 aliphatic rings. The highest BCUT2D eigenvalue weighted by Crippen LogP contribution is 2.39. The monoisotopic (exact) mass is 378 g/mol. The Morgan fingerprint density at radius 1 is 1.12 bits per heavy atom. The van der Waals surface area contributed by atoms with Crippen molar-refractivity contribution >= 4 is 39.1 Å². The Kier molecular flexibility index (Phi) is 4.18. The fourth-order valence-corrected chi connectivity index (χ4v) is 4.06. The Morgan fingerprint density at radius 2 is 1.76 bits per heavy atom. The molecule has 2 amide bonds. The lowest BCUT2D eigenvalue weighted by Crippen LogP contribution is -2.36. The van der Waals surface area contributed by atoms with Crippen molar-refractivity contribution in [2.75, 3.05) is 4.90 Å². The predicted octanol–water partition coefficient (Wildman–Crippen LogP) is 2.21. The van der Waals surface area contributed by atoms with Gasteiger partial charge in [0.15, 0.2) is 0 Å². The summed E-state index contributed by atoms with van der Waals surface area (Å²) in [6.07, 6.45) is 0.0183. The number of carbonyl (C=O) groups is 2. The highest BCUT2D eigenvalue weighted by Gasteiger charge is 2.49. The van der Waals surface area contributed by atoms with Gasteiger partial charge in [-0.25, -0.2) is 18.5 Å². The quantitative estimate of drug-likeness (QED) is 0.828. The molecule has 1 aliphatic heterocycles. The highest BCUT2D eigenvalue weighted by atomic mass is 35.5. The third-order valence-electron chi connectivity index (χ3n) is 4.32. The van der Waals surface area contributed by atoms with Gasteiger partial charge in [0, 0.05) is 6.42 Å². The summed E-state index contributed by atoms with van der Waals surface area (Å²) in [6.45, 7) is 1.71. The van der Waals surface area contributed by atoms with E-state index in [9.17, 15) is 18.0 Å². The normalized spacial score (nSPS) is 21.0. The fraction of sp³-hybridized carbons (Fsp3) is 0.176. The van der Waals surface area contributed by atoms with Crippen molar-refractivity contribution in [1.82, 2.24) is 0 Å². The molecule has 2 aromatic carbocycles. The standard InChI is InChI=1S/C17H15ClN2O4S/c1-17(11-5-3-2-4-6-11)10-15(21)20(16(17)22)12-7-8-14(13(18)9-12)25(19,23)24/h2-9H,10H2,1H3,(H2,19,23,24)/t17-/m0/s1. The minimum atomic E-state index is -3.99. The molecule has 2 N–H and O–H groups in total. The Labute approximate surface area is 150 Å². The summed E-state index contributed by atoms with van der Waals surface area (Å²) in [4.78, 5) is 26.2. The molecule has 0 spiro atoms. The topological polar surface area (TPSA) is 97.5 Å². The van der Waals surface area contributed by atoms with Gasteiger partial charge in [-0.15, -0.1) is 0 Å². The molecule has 8 heteroatoms. The van der Waals surface area contributed by atoms with Crippen LogP contribution in [0.15, 0.2) is 53.4 Å². The van der Waals surface area contributed by atoms with Gasteiger partial charge in [-0.3, -0.25) is 9.59 Å². The molecular formula is C17H15ClN2O4S. The van der Waals surface area contributed by atoms with Crippen LogP contribution < -0.4 is 10.0 Å². The minimum Gasteiger partial charge on any atom is -0.274 e. The average Bonchev–Trinajstić information content (AvgIpc) is 2.77. The number of nitrogens with zero attached hydrogens (tertiary/aromatic N) is 1. The molecule has 0 aliphatic carbocycles. The summed E-state index contributed by atoms with van der Waals surface area (Å²) < 4.78 is 22.9. The number of primary sulfonamides is 1. The maximum Gasteiger partial charge on any atom is 0.244 e. The second kappa shape index (κ2) is 5.94. The number of rotatable bonds is 3. The molecule has 3 rings (SSSR count). The number of amides is 2. The fourth-order valence-electron chi connectivity index (χ4n) is 2.97. The maximum atomic E-state index is 13.0. The van der Waals surface area contributed by atoms with Crippen LogP contribution in [0.3, 0.4) is 0 Å². The number of anilines is 1. The summed E-state index contributed by atoms with van der Waals surface area (Å²) in [5.74, 6) is -0.765. The molecule has 2 aromatic rings. The molecule has 25 heavy (non-hydrogen) atoms. The van der Waals surface area contributed by atoms with Gasteiger partial charge in [0.1, 0.15) is 4.90 Å². The first kappa shape index (κ1) is 17.6. The first-order valence-electron chi connectivity index (χ1n) is 7.40. The minimum absolute atomic E-state index is 0.0183. The smallest absolute Gasteiger partial charge is 0.244 e. The predicted molar refractivity (Wildman–Crippen MR) is 93.7 cm³/mol. The average molecular weight is 379 g/mol. The van der Waals surface area contributed by atoms with Crippen molar-refractivity contribution in [3.05, 3.63) is 59.1 Å². The Morgan fingerprint density at radius 3 is 2.32 bits per heavy atom. The van der Waals surface area contributed by atoms with Gasteiger partial charge >= 0.3 is 0 Å². The number of hydrogen-bond acceptors (Lipinski definition) is 4. The molecule has 6 nitrogen and oxygen atoms in total. The van der Waals surface area contributed by atoms with Crippen molar-refractivity contribution in [2.45, 2.75) is 23.7 Å². The van der Waals surface area contributed by atoms with Crippen LogP contribution in [-0.2, 0) is 25.0 Å². The van der Waals surface area contributed by atoms with Gasteiger partial charge in [0.25, 0.3) is 0 Å².